The molecular weight excluding hydrogens is 400 g/mol. The van der Waals surface area contributed by atoms with Crippen molar-refractivity contribution >= 4 is 39.8 Å². The molecule has 110 valence electrons. The van der Waals surface area contributed by atoms with Crippen LogP contribution in [0.1, 0.15) is 40.2 Å². The first kappa shape index (κ1) is 15.0. The minimum atomic E-state index is -0.304. The van der Waals surface area contributed by atoms with Crippen molar-refractivity contribution in [3.05, 3.63) is 55.0 Å². The van der Waals surface area contributed by atoms with Gasteiger partial charge < -0.3 is 4.90 Å². The first-order valence-electron chi connectivity index (χ1n) is 6.94. The second-order valence-corrected chi connectivity index (χ2v) is 7.26. The van der Waals surface area contributed by atoms with Gasteiger partial charge >= 0.3 is 0 Å². The topological polar surface area (TPSA) is 20.3 Å². The van der Waals surface area contributed by atoms with Crippen molar-refractivity contribution in [3.8, 4) is 0 Å². The van der Waals surface area contributed by atoms with Gasteiger partial charge in [0.2, 0.25) is 0 Å². The van der Waals surface area contributed by atoms with Gasteiger partial charge in [0.1, 0.15) is 5.82 Å². The minimum Gasteiger partial charge on any atom is -0.331 e. The summed E-state index contributed by atoms with van der Waals surface area (Å²) in [4.78, 5) is 16.2. The summed E-state index contributed by atoms with van der Waals surface area (Å²) in [5.41, 5.74) is 1.87. The molecule has 1 aromatic heterocycles. The zero-order valence-electron chi connectivity index (χ0n) is 11.6. The lowest BCUT2D eigenvalue weighted by atomic mass is 9.97. The highest BCUT2D eigenvalue weighted by Gasteiger charge is 2.31. The van der Waals surface area contributed by atoms with E-state index in [4.69, 9.17) is 0 Å². The molecule has 1 aromatic carbocycles. The summed E-state index contributed by atoms with van der Waals surface area (Å²) >= 11 is 3.80. The highest BCUT2D eigenvalue weighted by atomic mass is 127. The van der Waals surface area contributed by atoms with Crippen molar-refractivity contribution in [3.63, 3.8) is 0 Å². The van der Waals surface area contributed by atoms with Crippen LogP contribution in [0.2, 0.25) is 0 Å². The third-order valence-corrected chi connectivity index (χ3v) is 5.79. The number of nitrogens with zero attached hydrogens (tertiary/aromatic N) is 1. The monoisotopic (exact) mass is 415 g/mol. The maximum Gasteiger partial charge on any atom is 0.255 e. The van der Waals surface area contributed by atoms with Crippen LogP contribution in [0.5, 0.6) is 0 Å². The van der Waals surface area contributed by atoms with Gasteiger partial charge in [0.15, 0.2) is 0 Å². The zero-order chi connectivity index (χ0) is 15.0. The van der Waals surface area contributed by atoms with Crippen molar-refractivity contribution in [2.24, 2.45) is 0 Å². The molecule has 1 unspecified atom stereocenters. The van der Waals surface area contributed by atoms with Crippen molar-refractivity contribution in [1.82, 2.24) is 4.90 Å². The highest BCUT2D eigenvalue weighted by molar-refractivity contribution is 14.1. The molecule has 0 saturated heterocycles. The van der Waals surface area contributed by atoms with E-state index >= 15 is 0 Å². The van der Waals surface area contributed by atoms with Gasteiger partial charge in [-0.05, 0) is 70.6 Å². The Hall–Kier alpha value is -0.950. The Kier molecular flexibility index (Phi) is 4.31. The molecule has 0 radical (unpaired) electrons. The van der Waals surface area contributed by atoms with Gasteiger partial charge in [-0.1, -0.05) is 6.92 Å². The van der Waals surface area contributed by atoms with Crippen LogP contribution in [0.15, 0.2) is 29.6 Å². The van der Waals surface area contributed by atoms with E-state index in [-0.39, 0.29) is 17.8 Å². The van der Waals surface area contributed by atoms with Gasteiger partial charge in [-0.2, -0.15) is 0 Å². The minimum absolute atomic E-state index is 0.00287. The molecule has 0 N–H and O–H groups in total. The predicted octanol–water partition coefficient (Wildman–Crippen LogP) is 4.64. The second kappa shape index (κ2) is 6.04. The number of halogens is 2. The van der Waals surface area contributed by atoms with Gasteiger partial charge in [0, 0.05) is 15.0 Å². The maximum absolute atomic E-state index is 13.2. The summed E-state index contributed by atoms with van der Waals surface area (Å²) in [6.45, 7) is 2.84. The van der Waals surface area contributed by atoms with Crippen LogP contribution >= 0.6 is 33.9 Å². The Morgan fingerprint density at radius 2 is 2.29 bits per heavy atom. The molecule has 0 bridgehead atoms. The molecule has 1 amide bonds. The van der Waals surface area contributed by atoms with Gasteiger partial charge in [0.05, 0.1) is 11.6 Å². The largest absolute Gasteiger partial charge is 0.331 e. The Balaban J connectivity index is 1.94. The number of amides is 1. The quantitative estimate of drug-likeness (QED) is 0.655. The van der Waals surface area contributed by atoms with E-state index in [1.165, 1.54) is 22.6 Å². The van der Waals surface area contributed by atoms with Gasteiger partial charge in [-0.3, -0.25) is 4.79 Å². The number of hydrogen-bond acceptors (Lipinski definition) is 2. The number of rotatable bonds is 2. The predicted molar refractivity (Wildman–Crippen MR) is 91.2 cm³/mol. The van der Waals surface area contributed by atoms with Crippen LogP contribution in [-0.4, -0.2) is 17.4 Å². The summed E-state index contributed by atoms with van der Waals surface area (Å²) in [5.74, 6) is -0.301. The highest BCUT2D eigenvalue weighted by Crippen LogP contribution is 2.36. The van der Waals surface area contributed by atoms with Crippen molar-refractivity contribution in [1.29, 1.82) is 0 Å². The number of carbonyl (C=O) groups is 1. The van der Waals surface area contributed by atoms with E-state index in [0.29, 0.717) is 9.13 Å². The molecule has 2 aromatic rings. The van der Waals surface area contributed by atoms with Crippen LogP contribution in [0.3, 0.4) is 0 Å². The lowest BCUT2D eigenvalue weighted by Crippen LogP contribution is -2.39. The second-order valence-electron chi connectivity index (χ2n) is 5.10. The van der Waals surface area contributed by atoms with Crippen LogP contribution in [0.4, 0.5) is 4.39 Å². The molecule has 1 aliphatic rings. The van der Waals surface area contributed by atoms with Crippen molar-refractivity contribution < 1.29 is 9.18 Å². The normalized spacial score (nSPS) is 17.7. The number of hydrogen-bond donors (Lipinski definition) is 0. The summed E-state index contributed by atoms with van der Waals surface area (Å²) < 4.78 is 13.9. The third kappa shape index (κ3) is 2.73. The molecule has 0 spiro atoms. The molecule has 0 fully saturated rings. The molecular formula is C16H15FINOS. The molecule has 3 rings (SSSR count). The summed E-state index contributed by atoms with van der Waals surface area (Å²) in [6, 6.07) is 6.62. The first-order chi connectivity index (χ1) is 10.1. The van der Waals surface area contributed by atoms with Crippen molar-refractivity contribution in [2.45, 2.75) is 25.8 Å². The fourth-order valence-electron chi connectivity index (χ4n) is 2.90. The summed E-state index contributed by atoms with van der Waals surface area (Å²) in [6.07, 6.45) is 1.81. The lowest BCUT2D eigenvalue weighted by Gasteiger charge is -2.35. The molecule has 1 aliphatic heterocycles. The van der Waals surface area contributed by atoms with Crippen LogP contribution in [0, 0.1) is 9.39 Å². The maximum atomic E-state index is 13.2. The van der Waals surface area contributed by atoms with Crippen LogP contribution < -0.4 is 0 Å². The Morgan fingerprint density at radius 1 is 1.48 bits per heavy atom. The molecule has 0 aliphatic carbocycles. The first-order valence-corrected chi connectivity index (χ1v) is 8.90. The smallest absolute Gasteiger partial charge is 0.255 e. The van der Waals surface area contributed by atoms with E-state index in [1.54, 1.807) is 17.4 Å². The molecule has 1 atom stereocenters. The fourth-order valence-corrected chi connectivity index (χ4v) is 4.53. The molecule has 5 heteroatoms. The molecule has 2 nitrogen and oxygen atoms in total. The molecule has 21 heavy (non-hydrogen) atoms. The fraction of sp³-hybridized carbons (Fsp3) is 0.312. The Morgan fingerprint density at radius 3 is 3.00 bits per heavy atom. The summed E-state index contributed by atoms with van der Waals surface area (Å²) in [7, 11) is 0. The third-order valence-electron chi connectivity index (χ3n) is 3.90. The average molecular weight is 415 g/mol. The van der Waals surface area contributed by atoms with E-state index in [9.17, 15) is 9.18 Å². The van der Waals surface area contributed by atoms with Gasteiger partial charge in [-0.25, -0.2) is 4.39 Å². The van der Waals surface area contributed by atoms with E-state index < -0.39 is 0 Å². The van der Waals surface area contributed by atoms with Gasteiger partial charge in [-0.15, -0.1) is 11.3 Å². The van der Waals surface area contributed by atoms with E-state index in [2.05, 4.69) is 18.4 Å². The lowest BCUT2D eigenvalue weighted by molar-refractivity contribution is 0.0656. The SMILES string of the molecule is CCC1c2ccsc2CCN1C(=O)c1ccc(F)cc1I. The summed E-state index contributed by atoms with van der Waals surface area (Å²) in [5, 5.41) is 2.10. The Bertz CT molecular complexity index is 685. The molecule has 0 saturated carbocycles. The number of carbonyl (C=O) groups excluding carboxylic acids is 1. The number of benzene rings is 1. The number of thiophene rings is 1. The van der Waals surface area contributed by atoms with E-state index in [0.717, 1.165) is 19.4 Å². The molecule has 2 heterocycles. The number of fused-ring (bicyclic) bond motifs is 1. The van der Waals surface area contributed by atoms with Gasteiger partial charge in [0.25, 0.3) is 5.91 Å². The van der Waals surface area contributed by atoms with E-state index in [1.807, 2.05) is 27.5 Å². The van der Waals surface area contributed by atoms with Crippen LogP contribution in [0.25, 0.3) is 0 Å². The zero-order valence-corrected chi connectivity index (χ0v) is 14.6. The van der Waals surface area contributed by atoms with Crippen molar-refractivity contribution in [2.75, 3.05) is 6.54 Å². The average Bonchev–Trinajstić information content (AvgIpc) is 2.94. The Labute approximate surface area is 141 Å². The standard InChI is InChI=1S/C16H15FINOS/c1-2-14-12-6-8-21-15(12)5-7-19(14)16(20)11-4-3-10(17)9-13(11)18/h3-4,6,8-9,14H,2,5,7H2,1H3. The van der Waals surface area contributed by atoms with Crippen LogP contribution in [-0.2, 0) is 6.42 Å².